The van der Waals surface area contributed by atoms with Crippen LogP contribution in [0.3, 0.4) is 0 Å². The number of nitrogens with one attached hydrogen (secondary N) is 1. The Morgan fingerprint density at radius 2 is 2.08 bits per heavy atom. The summed E-state index contributed by atoms with van der Waals surface area (Å²) in [6.07, 6.45) is 4.72. The zero-order valence-corrected chi connectivity index (χ0v) is 14.9. The average Bonchev–Trinajstić information content (AvgIpc) is 2.96. The Bertz CT molecular complexity index is 1020. The van der Waals surface area contributed by atoms with Crippen molar-refractivity contribution in [3.8, 4) is 0 Å². The topological polar surface area (TPSA) is 72.7 Å². The van der Waals surface area contributed by atoms with Crippen molar-refractivity contribution in [3.05, 3.63) is 70.6 Å². The molecule has 0 saturated heterocycles. The lowest BCUT2D eigenvalue weighted by Gasteiger charge is -2.09. The van der Waals surface area contributed by atoms with E-state index < -0.39 is 11.9 Å². The van der Waals surface area contributed by atoms with E-state index in [-0.39, 0.29) is 0 Å². The van der Waals surface area contributed by atoms with E-state index >= 15 is 0 Å². The van der Waals surface area contributed by atoms with Gasteiger partial charge in [0.15, 0.2) is 5.15 Å². The van der Waals surface area contributed by atoms with Gasteiger partial charge in [0.2, 0.25) is 5.91 Å². The molecule has 0 aliphatic rings. The number of halogens is 1. The standard InChI is InChI=1S/C19H16ClN3O3/c1-12-6-7-14(13(11-12)19(25)26-2)21-17(24)9-8-15-18(20)22-16-5-3-4-10-23(15)16/h3-11H,1-2H3,(H,21,24). The quantitative estimate of drug-likeness (QED) is 0.561. The number of ether oxygens (including phenoxy) is 1. The molecular weight excluding hydrogens is 354 g/mol. The fourth-order valence-electron chi connectivity index (χ4n) is 2.51. The van der Waals surface area contributed by atoms with Crippen LogP contribution in [0.5, 0.6) is 0 Å². The van der Waals surface area contributed by atoms with Crippen molar-refractivity contribution in [3.63, 3.8) is 0 Å². The minimum Gasteiger partial charge on any atom is -0.465 e. The van der Waals surface area contributed by atoms with Crippen molar-refractivity contribution in [1.29, 1.82) is 0 Å². The molecule has 0 spiro atoms. The molecule has 2 heterocycles. The molecule has 0 saturated carbocycles. The van der Waals surface area contributed by atoms with Gasteiger partial charge in [0.25, 0.3) is 0 Å². The van der Waals surface area contributed by atoms with Gasteiger partial charge in [0.05, 0.1) is 24.1 Å². The van der Waals surface area contributed by atoms with Crippen molar-refractivity contribution in [2.75, 3.05) is 12.4 Å². The van der Waals surface area contributed by atoms with E-state index in [2.05, 4.69) is 10.3 Å². The molecule has 0 atom stereocenters. The molecule has 1 aromatic carbocycles. The third-order valence-electron chi connectivity index (χ3n) is 3.75. The van der Waals surface area contributed by atoms with E-state index in [9.17, 15) is 9.59 Å². The predicted molar refractivity (Wildman–Crippen MR) is 100 cm³/mol. The molecule has 0 radical (unpaired) electrons. The number of hydrogen-bond donors (Lipinski definition) is 1. The fraction of sp³-hybridized carbons (Fsp3) is 0.105. The first-order valence-corrected chi connectivity index (χ1v) is 8.18. The molecule has 3 aromatic rings. The van der Waals surface area contributed by atoms with Crippen LogP contribution < -0.4 is 5.32 Å². The molecule has 0 bridgehead atoms. The molecule has 1 N–H and O–H groups in total. The number of anilines is 1. The Morgan fingerprint density at radius 3 is 2.85 bits per heavy atom. The summed E-state index contributed by atoms with van der Waals surface area (Å²) in [7, 11) is 1.29. The third kappa shape index (κ3) is 3.60. The van der Waals surface area contributed by atoms with Crippen LogP contribution in [0, 0.1) is 6.92 Å². The lowest BCUT2D eigenvalue weighted by molar-refractivity contribution is -0.111. The lowest BCUT2D eigenvalue weighted by Crippen LogP contribution is -2.13. The molecule has 0 aliphatic carbocycles. The summed E-state index contributed by atoms with van der Waals surface area (Å²) in [5, 5.41) is 2.98. The number of pyridine rings is 1. The molecule has 1 amide bonds. The van der Waals surface area contributed by atoms with Crippen molar-refractivity contribution in [2.45, 2.75) is 6.92 Å². The number of methoxy groups -OCH3 is 1. The van der Waals surface area contributed by atoms with E-state index in [0.29, 0.717) is 27.7 Å². The normalized spacial score (nSPS) is 11.0. The summed E-state index contributed by atoms with van der Waals surface area (Å²) in [5.41, 5.74) is 2.83. The van der Waals surface area contributed by atoms with Crippen molar-refractivity contribution < 1.29 is 14.3 Å². The maximum Gasteiger partial charge on any atom is 0.339 e. The van der Waals surface area contributed by atoms with Crippen LogP contribution in [0.2, 0.25) is 5.15 Å². The molecule has 2 aromatic heterocycles. The van der Waals surface area contributed by atoms with Crippen LogP contribution in [0.25, 0.3) is 11.7 Å². The average molecular weight is 370 g/mol. The molecule has 0 fully saturated rings. The van der Waals surface area contributed by atoms with Crippen LogP contribution in [0.1, 0.15) is 21.6 Å². The number of aromatic nitrogens is 2. The number of fused-ring (bicyclic) bond motifs is 1. The van der Waals surface area contributed by atoms with E-state index in [1.807, 2.05) is 25.1 Å². The van der Waals surface area contributed by atoms with Gasteiger partial charge in [0, 0.05) is 12.3 Å². The first-order valence-electron chi connectivity index (χ1n) is 7.80. The van der Waals surface area contributed by atoms with Gasteiger partial charge < -0.3 is 10.1 Å². The zero-order chi connectivity index (χ0) is 18.7. The van der Waals surface area contributed by atoms with Crippen molar-refractivity contribution in [1.82, 2.24) is 9.38 Å². The van der Waals surface area contributed by atoms with Gasteiger partial charge in [-0.3, -0.25) is 9.20 Å². The fourth-order valence-corrected chi connectivity index (χ4v) is 2.75. The van der Waals surface area contributed by atoms with E-state index in [4.69, 9.17) is 16.3 Å². The minimum atomic E-state index is -0.516. The number of carbonyl (C=O) groups is 2. The van der Waals surface area contributed by atoms with Crippen LogP contribution in [0.15, 0.2) is 48.7 Å². The van der Waals surface area contributed by atoms with Gasteiger partial charge in [-0.05, 0) is 37.3 Å². The lowest BCUT2D eigenvalue weighted by atomic mass is 10.1. The number of carbonyl (C=O) groups excluding carboxylic acids is 2. The van der Waals surface area contributed by atoms with Gasteiger partial charge >= 0.3 is 5.97 Å². The number of amides is 1. The molecule has 3 rings (SSSR count). The molecule has 7 heteroatoms. The van der Waals surface area contributed by atoms with Crippen LogP contribution in [-0.4, -0.2) is 28.4 Å². The molecule has 0 aliphatic heterocycles. The second-order valence-electron chi connectivity index (χ2n) is 5.58. The number of aryl methyl sites for hydroxylation is 1. The Hall–Kier alpha value is -3.12. The molecule has 0 unspecified atom stereocenters. The van der Waals surface area contributed by atoms with Gasteiger partial charge in [-0.1, -0.05) is 29.3 Å². The second-order valence-corrected chi connectivity index (χ2v) is 5.94. The minimum absolute atomic E-state index is 0.294. The first kappa shape index (κ1) is 17.7. The van der Waals surface area contributed by atoms with Crippen LogP contribution >= 0.6 is 11.6 Å². The monoisotopic (exact) mass is 369 g/mol. The largest absolute Gasteiger partial charge is 0.465 e. The molecule has 26 heavy (non-hydrogen) atoms. The van der Waals surface area contributed by atoms with E-state index in [1.54, 1.807) is 34.9 Å². The van der Waals surface area contributed by atoms with Gasteiger partial charge in [0.1, 0.15) is 5.65 Å². The number of benzene rings is 1. The number of hydrogen-bond acceptors (Lipinski definition) is 4. The Kier molecular flexibility index (Phi) is 5.04. The maximum absolute atomic E-state index is 12.3. The highest BCUT2D eigenvalue weighted by atomic mass is 35.5. The van der Waals surface area contributed by atoms with Gasteiger partial charge in [-0.25, -0.2) is 9.78 Å². The zero-order valence-electron chi connectivity index (χ0n) is 14.2. The Balaban J connectivity index is 1.84. The highest BCUT2D eigenvalue weighted by Gasteiger charge is 2.14. The molecule has 6 nitrogen and oxygen atoms in total. The Morgan fingerprint density at radius 1 is 1.27 bits per heavy atom. The maximum atomic E-state index is 12.3. The molecule has 132 valence electrons. The van der Waals surface area contributed by atoms with Gasteiger partial charge in [-0.15, -0.1) is 0 Å². The first-order chi connectivity index (χ1) is 12.5. The third-order valence-corrected chi connectivity index (χ3v) is 4.03. The molecular formula is C19H16ClN3O3. The summed E-state index contributed by atoms with van der Waals surface area (Å²) >= 11 is 6.14. The number of rotatable bonds is 4. The van der Waals surface area contributed by atoms with E-state index in [1.165, 1.54) is 13.2 Å². The highest BCUT2D eigenvalue weighted by molar-refractivity contribution is 6.31. The Labute approximate surface area is 155 Å². The summed E-state index contributed by atoms with van der Waals surface area (Å²) in [6.45, 7) is 1.85. The van der Waals surface area contributed by atoms with Crippen LogP contribution in [0.4, 0.5) is 5.69 Å². The predicted octanol–water partition coefficient (Wildman–Crippen LogP) is 3.73. The van der Waals surface area contributed by atoms with Crippen LogP contribution in [-0.2, 0) is 9.53 Å². The van der Waals surface area contributed by atoms with E-state index in [0.717, 1.165) is 5.56 Å². The number of esters is 1. The summed E-state index contributed by atoms with van der Waals surface area (Å²) in [6, 6.07) is 10.6. The number of nitrogens with zero attached hydrogens (tertiary/aromatic N) is 2. The highest BCUT2D eigenvalue weighted by Crippen LogP contribution is 2.20. The van der Waals surface area contributed by atoms with Gasteiger partial charge in [-0.2, -0.15) is 0 Å². The summed E-state index contributed by atoms with van der Waals surface area (Å²) in [5.74, 6) is -0.918. The van der Waals surface area contributed by atoms with Crippen molar-refractivity contribution in [2.24, 2.45) is 0 Å². The summed E-state index contributed by atoms with van der Waals surface area (Å²) < 4.78 is 6.53. The SMILES string of the molecule is COC(=O)c1cc(C)ccc1NC(=O)C=Cc1c(Cl)nc2ccccn12. The van der Waals surface area contributed by atoms with Crippen molar-refractivity contribution >= 4 is 40.9 Å². The summed E-state index contributed by atoms with van der Waals surface area (Å²) in [4.78, 5) is 28.4. The second kappa shape index (κ2) is 7.41. The number of imidazole rings is 1. The smallest absolute Gasteiger partial charge is 0.339 e.